The smallest absolute Gasteiger partial charge is 0.308 e. The molecular formula is C21H25N3O5S2. The van der Waals surface area contributed by atoms with Crippen molar-refractivity contribution in [2.45, 2.75) is 44.7 Å². The van der Waals surface area contributed by atoms with Gasteiger partial charge in [0.2, 0.25) is 0 Å². The van der Waals surface area contributed by atoms with Gasteiger partial charge in [0.05, 0.1) is 33.5 Å². The van der Waals surface area contributed by atoms with Crippen LogP contribution in [0, 0.1) is 0 Å². The van der Waals surface area contributed by atoms with Gasteiger partial charge in [-0.25, -0.2) is 8.42 Å². The topological polar surface area (TPSA) is 106 Å². The fourth-order valence-corrected chi connectivity index (χ4v) is 5.30. The predicted molar refractivity (Wildman–Crippen MR) is 123 cm³/mol. The van der Waals surface area contributed by atoms with Crippen LogP contribution in [0.15, 0.2) is 46.1 Å². The van der Waals surface area contributed by atoms with E-state index in [1.54, 1.807) is 22.8 Å². The zero-order chi connectivity index (χ0) is 22.9. The summed E-state index contributed by atoms with van der Waals surface area (Å²) in [5.74, 6) is -0.150. The number of carbonyl (C=O) groups excluding carboxylic acids is 1. The van der Waals surface area contributed by atoms with Crippen LogP contribution in [-0.2, 0) is 10.0 Å². The van der Waals surface area contributed by atoms with E-state index in [4.69, 9.17) is 4.74 Å². The van der Waals surface area contributed by atoms with Crippen LogP contribution in [0.3, 0.4) is 0 Å². The van der Waals surface area contributed by atoms with E-state index in [1.165, 1.54) is 25.3 Å². The Labute approximate surface area is 184 Å². The third kappa shape index (κ3) is 4.75. The summed E-state index contributed by atoms with van der Waals surface area (Å²) < 4.78 is 36.0. The normalized spacial score (nSPS) is 11.8. The van der Waals surface area contributed by atoms with E-state index in [1.807, 2.05) is 27.7 Å². The first-order valence-electron chi connectivity index (χ1n) is 9.70. The number of amides is 1. The second-order valence-corrected chi connectivity index (χ2v) is 10.3. The van der Waals surface area contributed by atoms with Gasteiger partial charge in [0.1, 0.15) is 5.75 Å². The highest BCUT2D eigenvalue weighted by Gasteiger charge is 2.21. The molecule has 2 N–H and O–H groups in total. The monoisotopic (exact) mass is 463 g/mol. The lowest BCUT2D eigenvalue weighted by atomic mass is 10.2. The van der Waals surface area contributed by atoms with E-state index in [9.17, 15) is 18.0 Å². The van der Waals surface area contributed by atoms with Crippen LogP contribution in [0.2, 0.25) is 0 Å². The number of methoxy groups -OCH3 is 1. The molecule has 0 fully saturated rings. The number of hydrogen-bond donors (Lipinski definition) is 2. The number of nitrogens with one attached hydrogen (secondary N) is 2. The van der Waals surface area contributed by atoms with E-state index in [2.05, 4.69) is 10.0 Å². The molecular weight excluding hydrogens is 438 g/mol. The number of hydrogen-bond acceptors (Lipinski definition) is 6. The molecule has 31 heavy (non-hydrogen) atoms. The minimum Gasteiger partial charge on any atom is -0.496 e. The van der Waals surface area contributed by atoms with Gasteiger partial charge in [-0.05, 0) is 64.1 Å². The maximum absolute atomic E-state index is 13.0. The number of aromatic nitrogens is 1. The van der Waals surface area contributed by atoms with E-state index < -0.39 is 15.9 Å². The second-order valence-electron chi connectivity index (χ2n) is 7.61. The average Bonchev–Trinajstić information content (AvgIpc) is 3.01. The lowest BCUT2D eigenvalue weighted by molar-refractivity contribution is 0.0940. The molecule has 0 unspecified atom stereocenters. The van der Waals surface area contributed by atoms with E-state index in [0.29, 0.717) is 10.4 Å². The molecule has 0 spiro atoms. The fraction of sp³-hybridized carbons (Fsp3) is 0.333. The number of carbonyl (C=O) groups is 1. The van der Waals surface area contributed by atoms with Crippen LogP contribution in [0.1, 0.15) is 44.1 Å². The molecule has 1 aromatic heterocycles. The van der Waals surface area contributed by atoms with Gasteiger partial charge in [0.15, 0.2) is 0 Å². The summed E-state index contributed by atoms with van der Waals surface area (Å²) in [5, 5.41) is 2.73. The Morgan fingerprint density at radius 3 is 2.42 bits per heavy atom. The highest BCUT2D eigenvalue weighted by atomic mass is 32.2. The van der Waals surface area contributed by atoms with Gasteiger partial charge < -0.3 is 10.1 Å². The molecule has 1 heterocycles. The molecule has 0 atom stereocenters. The molecule has 3 rings (SSSR count). The van der Waals surface area contributed by atoms with Crippen LogP contribution >= 0.6 is 11.3 Å². The van der Waals surface area contributed by atoms with Crippen LogP contribution in [-0.4, -0.2) is 32.0 Å². The Hall–Kier alpha value is -2.85. The van der Waals surface area contributed by atoms with Crippen LogP contribution < -0.4 is 19.6 Å². The predicted octanol–water partition coefficient (Wildman–Crippen LogP) is 3.59. The van der Waals surface area contributed by atoms with E-state index in [-0.39, 0.29) is 33.2 Å². The van der Waals surface area contributed by atoms with Crippen molar-refractivity contribution in [1.82, 2.24) is 9.88 Å². The van der Waals surface area contributed by atoms with Crippen LogP contribution in [0.25, 0.3) is 10.2 Å². The molecule has 8 nitrogen and oxygen atoms in total. The molecule has 0 saturated heterocycles. The number of benzene rings is 2. The summed E-state index contributed by atoms with van der Waals surface area (Å²) >= 11 is 1.06. The van der Waals surface area contributed by atoms with Crippen molar-refractivity contribution in [2.24, 2.45) is 0 Å². The number of thiazole rings is 1. The van der Waals surface area contributed by atoms with Gasteiger partial charge in [0, 0.05) is 12.1 Å². The van der Waals surface area contributed by atoms with E-state index >= 15 is 0 Å². The Kier molecular flexibility index (Phi) is 6.42. The molecule has 166 valence electrons. The Morgan fingerprint density at radius 2 is 1.81 bits per heavy atom. The number of fused-ring (bicyclic) bond motifs is 1. The number of rotatable bonds is 7. The van der Waals surface area contributed by atoms with Gasteiger partial charge in [0.25, 0.3) is 15.9 Å². The van der Waals surface area contributed by atoms with Crippen molar-refractivity contribution in [1.29, 1.82) is 0 Å². The van der Waals surface area contributed by atoms with E-state index in [0.717, 1.165) is 16.9 Å². The summed E-state index contributed by atoms with van der Waals surface area (Å²) in [5.41, 5.74) is 1.21. The quantitative estimate of drug-likeness (QED) is 0.557. The molecule has 0 aliphatic rings. The summed E-state index contributed by atoms with van der Waals surface area (Å²) in [4.78, 5) is 24.5. The molecule has 0 radical (unpaired) electrons. The fourth-order valence-electron chi connectivity index (χ4n) is 3.17. The highest BCUT2D eigenvalue weighted by molar-refractivity contribution is 7.92. The molecule has 0 aliphatic heterocycles. The third-order valence-electron chi connectivity index (χ3n) is 4.53. The molecule has 10 heteroatoms. The largest absolute Gasteiger partial charge is 0.496 e. The molecule has 1 amide bonds. The first kappa shape index (κ1) is 22.8. The standard InChI is InChI=1S/C21H25N3O5S2/c1-12(2)22-20(25)16-11-15(7-9-18(16)29-5)31(27,28)23-14-6-8-17-19(10-14)30-21(26)24(17)13(3)4/h6-13,23H,1-5H3,(H,22,25). The SMILES string of the molecule is COc1ccc(S(=O)(=O)Nc2ccc3c(c2)sc(=O)n3C(C)C)cc1C(=O)NC(C)C. The van der Waals surface area contributed by atoms with Crippen molar-refractivity contribution in [3.63, 3.8) is 0 Å². The molecule has 0 aliphatic carbocycles. The Balaban J connectivity index is 1.97. The van der Waals surface area contributed by atoms with Gasteiger partial charge in [-0.2, -0.15) is 0 Å². The Morgan fingerprint density at radius 1 is 1.10 bits per heavy atom. The summed E-state index contributed by atoms with van der Waals surface area (Å²) in [7, 11) is -2.56. The van der Waals surface area contributed by atoms with Crippen LogP contribution in [0.4, 0.5) is 5.69 Å². The first-order valence-corrected chi connectivity index (χ1v) is 12.0. The second kappa shape index (κ2) is 8.72. The Bertz CT molecular complexity index is 1290. The summed E-state index contributed by atoms with van der Waals surface area (Å²) in [6, 6.07) is 8.95. The first-order chi connectivity index (χ1) is 14.5. The highest BCUT2D eigenvalue weighted by Crippen LogP contribution is 2.27. The minimum atomic E-state index is -3.98. The zero-order valence-corrected chi connectivity index (χ0v) is 19.6. The van der Waals surface area contributed by atoms with Gasteiger partial charge in [-0.3, -0.25) is 18.9 Å². The zero-order valence-electron chi connectivity index (χ0n) is 17.9. The molecule has 0 bridgehead atoms. The van der Waals surface area contributed by atoms with Crippen molar-refractivity contribution in [3.05, 3.63) is 51.6 Å². The number of anilines is 1. The van der Waals surface area contributed by atoms with Crippen LogP contribution in [0.5, 0.6) is 5.75 Å². The lowest BCUT2D eigenvalue weighted by Crippen LogP contribution is -2.30. The third-order valence-corrected chi connectivity index (χ3v) is 6.82. The van der Waals surface area contributed by atoms with Crippen molar-refractivity contribution in [3.8, 4) is 5.75 Å². The van der Waals surface area contributed by atoms with Crippen molar-refractivity contribution < 1.29 is 17.9 Å². The maximum Gasteiger partial charge on any atom is 0.308 e. The molecule has 3 aromatic rings. The number of sulfonamides is 1. The van der Waals surface area contributed by atoms with Gasteiger partial charge >= 0.3 is 4.87 Å². The summed E-state index contributed by atoms with van der Waals surface area (Å²) in [6.45, 7) is 7.45. The van der Waals surface area contributed by atoms with Crippen molar-refractivity contribution in [2.75, 3.05) is 11.8 Å². The maximum atomic E-state index is 13.0. The van der Waals surface area contributed by atoms with Gasteiger partial charge in [-0.1, -0.05) is 11.3 Å². The summed E-state index contributed by atoms with van der Waals surface area (Å²) in [6.07, 6.45) is 0. The number of nitrogens with zero attached hydrogens (tertiary/aromatic N) is 1. The van der Waals surface area contributed by atoms with Crippen molar-refractivity contribution >= 4 is 43.2 Å². The molecule has 2 aromatic carbocycles. The minimum absolute atomic E-state index is 0.00139. The molecule has 0 saturated carbocycles. The number of ether oxygens (including phenoxy) is 1. The average molecular weight is 464 g/mol. The van der Waals surface area contributed by atoms with Gasteiger partial charge in [-0.15, -0.1) is 0 Å². The lowest BCUT2D eigenvalue weighted by Gasteiger charge is -2.14.